The van der Waals surface area contributed by atoms with Gasteiger partial charge in [0.15, 0.2) is 0 Å². The normalized spacial score (nSPS) is 10.2. The van der Waals surface area contributed by atoms with E-state index >= 15 is 0 Å². The summed E-state index contributed by atoms with van der Waals surface area (Å²) in [6.07, 6.45) is 0.821. The Bertz CT molecular complexity index is 521. The number of ether oxygens (including phenoxy) is 2. The fraction of sp³-hybridized carbons (Fsp3) is 0.200. The van der Waals surface area contributed by atoms with Crippen LogP contribution in [0.5, 0.6) is 11.5 Å². The molecule has 94 valence electrons. The van der Waals surface area contributed by atoms with Crippen molar-refractivity contribution in [1.29, 1.82) is 0 Å². The average Bonchev–Trinajstić information content (AvgIpc) is 2.40. The van der Waals surface area contributed by atoms with Gasteiger partial charge in [-0.05, 0) is 41.5 Å². The lowest BCUT2D eigenvalue weighted by Crippen LogP contribution is -1.94. The van der Waals surface area contributed by atoms with Crippen molar-refractivity contribution < 1.29 is 9.47 Å². The van der Waals surface area contributed by atoms with Gasteiger partial charge in [0.05, 0.1) is 14.2 Å². The molecule has 2 aromatic rings. The molecule has 0 bridgehead atoms. The molecule has 0 amide bonds. The van der Waals surface area contributed by atoms with Crippen molar-refractivity contribution >= 4 is 12.6 Å². The molecule has 0 heterocycles. The summed E-state index contributed by atoms with van der Waals surface area (Å²) in [5, 5.41) is 0. The quantitative estimate of drug-likeness (QED) is 0.847. The van der Waals surface area contributed by atoms with E-state index in [1.807, 2.05) is 30.3 Å². The van der Waals surface area contributed by atoms with Crippen LogP contribution in [-0.2, 0) is 6.42 Å². The van der Waals surface area contributed by atoms with Crippen LogP contribution in [0.1, 0.15) is 11.1 Å². The van der Waals surface area contributed by atoms with Gasteiger partial charge in [0, 0.05) is 11.3 Å². The van der Waals surface area contributed by atoms with Crippen LogP contribution in [0, 0.1) is 0 Å². The highest BCUT2D eigenvalue weighted by atomic mass is 32.1. The zero-order valence-corrected chi connectivity index (χ0v) is 11.4. The van der Waals surface area contributed by atoms with Gasteiger partial charge in [0.25, 0.3) is 0 Å². The molecule has 3 heteroatoms. The lowest BCUT2D eigenvalue weighted by atomic mass is 10.0. The number of thiol groups is 1. The second-order valence-corrected chi connectivity index (χ2v) is 4.54. The van der Waals surface area contributed by atoms with Crippen LogP contribution in [-0.4, -0.2) is 14.2 Å². The number of hydrogen-bond acceptors (Lipinski definition) is 3. The zero-order chi connectivity index (χ0) is 13.0. The van der Waals surface area contributed by atoms with Gasteiger partial charge in [0.1, 0.15) is 11.5 Å². The van der Waals surface area contributed by atoms with E-state index in [1.165, 1.54) is 5.56 Å². The maximum atomic E-state index is 5.36. The molecule has 0 radical (unpaired) electrons. The third-order valence-electron chi connectivity index (χ3n) is 2.82. The molecular weight excluding hydrogens is 244 g/mol. The zero-order valence-electron chi connectivity index (χ0n) is 10.5. The van der Waals surface area contributed by atoms with Crippen molar-refractivity contribution in [3.63, 3.8) is 0 Å². The minimum Gasteiger partial charge on any atom is -0.497 e. The first-order valence-corrected chi connectivity index (χ1v) is 6.16. The Morgan fingerprint density at radius 1 is 0.944 bits per heavy atom. The Morgan fingerprint density at radius 2 is 1.67 bits per heavy atom. The van der Waals surface area contributed by atoms with Crippen molar-refractivity contribution in [2.45, 2.75) is 11.3 Å². The summed E-state index contributed by atoms with van der Waals surface area (Å²) < 4.78 is 10.5. The summed E-state index contributed by atoms with van der Waals surface area (Å²) in [4.78, 5) is 0.944. The summed E-state index contributed by atoms with van der Waals surface area (Å²) >= 11 is 4.36. The molecule has 2 rings (SSSR count). The van der Waals surface area contributed by atoms with Gasteiger partial charge in [-0.15, -0.1) is 12.6 Å². The molecule has 0 saturated heterocycles. The van der Waals surface area contributed by atoms with Gasteiger partial charge in [-0.1, -0.05) is 12.1 Å². The predicted molar refractivity (Wildman–Crippen MR) is 76.0 cm³/mol. The van der Waals surface area contributed by atoms with Gasteiger partial charge in [-0.25, -0.2) is 0 Å². The average molecular weight is 260 g/mol. The van der Waals surface area contributed by atoms with Crippen LogP contribution >= 0.6 is 12.6 Å². The summed E-state index contributed by atoms with van der Waals surface area (Å²) in [5.74, 6) is 1.76. The van der Waals surface area contributed by atoms with Crippen LogP contribution in [0.2, 0.25) is 0 Å². The minimum atomic E-state index is 0.821. The first-order valence-electron chi connectivity index (χ1n) is 5.71. The molecule has 0 aliphatic heterocycles. The maximum absolute atomic E-state index is 5.36. The maximum Gasteiger partial charge on any atom is 0.122 e. The number of benzene rings is 2. The topological polar surface area (TPSA) is 18.5 Å². The SMILES string of the molecule is COc1ccc(Cc2cc(S)ccc2OC)cc1. The first-order chi connectivity index (χ1) is 8.72. The molecule has 0 N–H and O–H groups in total. The van der Waals surface area contributed by atoms with Crippen molar-refractivity contribution in [3.05, 3.63) is 53.6 Å². The number of rotatable bonds is 4. The lowest BCUT2D eigenvalue weighted by molar-refractivity contribution is 0.410. The Labute approximate surface area is 113 Å². The molecule has 0 aliphatic carbocycles. The number of hydrogen-bond donors (Lipinski definition) is 1. The standard InChI is InChI=1S/C15H16O2S/c1-16-13-5-3-11(4-6-13)9-12-10-14(18)7-8-15(12)17-2/h3-8,10,18H,9H2,1-2H3. The smallest absolute Gasteiger partial charge is 0.122 e. The van der Waals surface area contributed by atoms with Crippen molar-refractivity contribution in [3.8, 4) is 11.5 Å². The minimum absolute atomic E-state index is 0.821. The summed E-state index contributed by atoms with van der Waals surface area (Å²) in [5.41, 5.74) is 2.35. The molecule has 0 aliphatic rings. The predicted octanol–water partition coefficient (Wildman–Crippen LogP) is 3.58. The van der Waals surface area contributed by atoms with Crippen LogP contribution < -0.4 is 9.47 Å². The van der Waals surface area contributed by atoms with Crippen molar-refractivity contribution in [1.82, 2.24) is 0 Å². The second kappa shape index (κ2) is 5.83. The van der Waals surface area contributed by atoms with Gasteiger partial charge in [0.2, 0.25) is 0 Å². The van der Waals surface area contributed by atoms with Gasteiger partial charge in [-0.2, -0.15) is 0 Å². The Morgan fingerprint density at radius 3 is 2.28 bits per heavy atom. The largest absolute Gasteiger partial charge is 0.497 e. The van der Waals surface area contributed by atoms with Gasteiger partial charge < -0.3 is 9.47 Å². The highest BCUT2D eigenvalue weighted by molar-refractivity contribution is 7.80. The third-order valence-corrected chi connectivity index (χ3v) is 3.10. The van der Waals surface area contributed by atoms with Crippen LogP contribution in [0.4, 0.5) is 0 Å². The second-order valence-electron chi connectivity index (χ2n) is 4.02. The first kappa shape index (κ1) is 12.8. The summed E-state index contributed by atoms with van der Waals surface area (Å²) in [6, 6.07) is 14.0. The molecule has 18 heavy (non-hydrogen) atoms. The van der Waals surface area contributed by atoms with Crippen LogP contribution in [0.25, 0.3) is 0 Å². The van der Waals surface area contributed by atoms with Gasteiger partial charge >= 0.3 is 0 Å². The fourth-order valence-corrected chi connectivity index (χ4v) is 2.10. The van der Waals surface area contributed by atoms with E-state index in [0.717, 1.165) is 28.4 Å². The molecule has 0 unspecified atom stereocenters. The van der Waals surface area contributed by atoms with Gasteiger partial charge in [-0.3, -0.25) is 0 Å². The molecule has 0 atom stereocenters. The molecule has 2 nitrogen and oxygen atoms in total. The molecule has 0 fully saturated rings. The Hall–Kier alpha value is -1.61. The summed E-state index contributed by atoms with van der Waals surface area (Å²) in [6.45, 7) is 0. The molecule has 2 aromatic carbocycles. The fourth-order valence-electron chi connectivity index (χ4n) is 1.87. The van der Waals surface area contributed by atoms with Crippen molar-refractivity contribution in [2.75, 3.05) is 14.2 Å². The monoisotopic (exact) mass is 260 g/mol. The molecule has 0 spiro atoms. The Kier molecular flexibility index (Phi) is 4.15. The van der Waals surface area contributed by atoms with E-state index < -0.39 is 0 Å². The molecular formula is C15H16O2S. The van der Waals surface area contributed by atoms with Crippen LogP contribution in [0.3, 0.4) is 0 Å². The van der Waals surface area contributed by atoms with E-state index in [0.29, 0.717) is 0 Å². The highest BCUT2D eigenvalue weighted by Gasteiger charge is 2.05. The van der Waals surface area contributed by atoms with Crippen LogP contribution in [0.15, 0.2) is 47.4 Å². The molecule has 0 saturated carbocycles. The highest BCUT2D eigenvalue weighted by Crippen LogP contribution is 2.25. The Balaban J connectivity index is 2.24. The lowest BCUT2D eigenvalue weighted by Gasteiger charge is -2.09. The van der Waals surface area contributed by atoms with Crippen molar-refractivity contribution in [2.24, 2.45) is 0 Å². The molecule has 0 aromatic heterocycles. The van der Waals surface area contributed by atoms with E-state index in [9.17, 15) is 0 Å². The number of methoxy groups -OCH3 is 2. The van der Waals surface area contributed by atoms with E-state index in [1.54, 1.807) is 14.2 Å². The van der Waals surface area contributed by atoms with E-state index in [-0.39, 0.29) is 0 Å². The van der Waals surface area contributed by atoms with E-state index in [4.69, 9.17) is 9.47 Å². The summed E-state index contributed by atoms with van der Waals surface area (Å²) in [7, 11) is 3.35. The third kappa shape index (κ3) is 2.99. The van der Waals surface area contributed by atoms with E-state index in [2.05, 4.69) is 24.8 Å².